The third kappa shape index (κ3) is 4.13. The van der Waals surface area contributed by atoms with Crippen LogP contribution in [0, 0.1) is 10.1 Å². The first-order valence-electron chi connectivity index (χ1n) is 8.76. The summed E-state index contributed by atoms with van der Waals surface area (Å²) in [7, 11) is 1.69. The van der Waals surface area contributed by atoms with Gasteiger partial charge in [-0.1, -0.05) is 36.5 Å². The maximum atomic E-state index is 12.5. The quantitative estimate of drug-likeness (QED) is 0.445. The first kappa shape index (κ1) is 18.6. The predicted molar refractivity (Wildman–Crippen MR) is 98.0 cm³/mol. The van der Waals surface area contributed by atoms with Crippen LogP contribution in [0.4, 0.5) is 5.95 Å². The van der Waals surface area contributed by atoms with Crippen LogP contribution in [0.2, 0.25) is 0 Å². The summed E-state index contributed by atoms with van der Waals surface area (Å²) in [6, 6.07) is 7.78. The minimum absolute atomic E-state index is 0.114. The van der Waals surface area contributed by atoms with Gasteiger partial charge in [-0.25, -0.2) is 0 Å². The number of fused-ring (bicyclic) bond motifs is 1. The lowest BCUT2D eigenvalue weighted by Crippen LogP contribution is -2.30. The SMILES string of the molecule is CCCCc1oc2ccccc2c1CN(C)C(=O)Cn1cnc([N+](=O)[O-])n1. The number of unbranched alkanes of at least 4 members (excludes halogenated alkanes) is 1. The molecular weight excluding hydrogens is 350 g/mol. The summed E-state index contributed by atoms with van der Waals surface area (Å²) < 4.78 is 7.16. The zero-order valence-electron chi connectivity index (χ0n) is 15.3. The van der Waals surface area contributed by atoms with Gasteiger partial charge in [0.2, 0.25) is 12.2 Å². The highest BCUT2D eigenvalue weighted by atomic mass is 16.6. The number of carbonyl (C=O) groups excluding carboxylic acids is 1. The molecule has 0 aliphatic carbocycles. The molecule has 0 atom stereocenters. The molecule has 3 rings (SSSR count). The lowest BCUT2D eigenvalue weighted by Gasteiger charge is -2.17. The van der Waals surface area contributed by atoms with Crippen molar-refractivity contribution in [3.05, 3.63) is 52.0 Å². The number of furan rings is 1. The van der Waals surface area contributed by atoms with E-state index in [4.69, 9.17) is 4.42 Å². The summed E-state index contributed by atoms with van der Waals surface area (Å²) in [5.74, 6) is 0.156. The van der Waals surface area contributed by atoms with Crippen molar-refractivity contribution in [1.82, 2.24) is 19.7 Å². The Morgan fingerprint density at radius 2 is 2.15 bits per heavy atom. The number of hydrogen-bond donors (Lipinski definition) is 0. The Bertz CT molecular complexity index is 962. The average molecular weight is 371 g/mol. The molecule has 0 aliphatic heterocycles. The molecule has 0 saturated heterocycles. The molecule has 9 nitrogen and oxygen atoms in total. The topological polar surface area (TPSA) is 107 Å². The van der Waals surface area contributed by atoms with E-state index in [1.807, 2.05) is 24.3 Å². The number of nitro groups is 1. The second kappa shape index (κ2) is 7.98. The molecular formula is C18H21N5O4. The van der Waals surface area contributed by atoms with Gasteiger partial charge in [0, 0.05) is 36.1 Å². The van der Waals surface area contributed by atoms with Crippen molar-refractivity contribution >= 4 is 22.8 Å². The van der Waals surface area contributed by atoms with E-state index in [-0.39, 0.29) is 12.5 Å². The molecule has 0 N–H and O–H groups in total. The van der Waals surface area contributed by atoms with Gasteiger partial charge in [-0.15, -0.1) is 0 Å². The molecule has 2 heterocycles. The molecule has 142 valence electrons. The standard InChI is InChI=1S/C18H21N5O4/c1-3-4-8-16-14(13-7-5-6-9-15(13)27-16)10-21(2)17(24)11-22-12-19-18(20-22)23(25)26/h5-7,9,12H,3-4,8,10-11H2,1-2H3. The van der Waals surface area contributed by atoms with E-state index in [1.54, 1.807) is 11.9 Å². The molecule has 3 aromatic rings. The first-order valence-corrected chi connectivity index (χ1v) is 8.76. The molecule has 9 heteroatoms. The van der Waals surface area contributed by atoms with Gasteiger partial charge in [-0.2, -0.15) is 4.68 Å². The maximum absolute atomic E-state index is 12.5. The second-order valence-electron chi connectivity index (χ2n) is 6.35. The Morgan fingerprint density at radius 3 is 2.85 bits per heavy atom. The number of aromatic nitrogens is 3. The van der Waals surface area contributed by atoms with Crippen molar-refractivity contribution in [3.8, 4) is 0 Å². The number of hydrogen-bond acceptors (Lipinski definition) is 6. The van der Waals surface area contributed by atoms with E-state index in [0.717, 1.165) is 41.6 Å². The van der Waals surface area contributed by atoms with E-state index < -0.39 is 10.9 Å². The number of amides is 1. The van der Waals surface area contributed by atoms with Crippen molar-refractivity contribution in [2.24, 2.45) is 0 Å². The van der Waals surface area contributed by atoms with Crippen LogP contribution in [-0.2, 0) is 24.3 Å². The van der Waals surface area contributed by atoms with Crippen molar-refractivity contribution in [3.63, 3.8) is 0 Å². The largest absolute Gasteiger partial charge is 0.490 e. The highest BCUT2D eigenvalue weighted by molar-refractivity contribution is 5.83. The predicted octanol–water partition coefficient (Wildman–Crippen LogP) is 2.93. The van der Waals surface area contributed by atoms with Crippen LogP contribution in [0.1, 0.15) is 31.1 Å². The van der Waals surface area contributed by atoms with Gasteiger partial charge in [0.05, 0.1) is 0 Å². The number of nitrogens with zero attached hydrogens (tertiary/aromatic N) is 5. The van der Waals surface area contributed by atoms with Gasteiger partial charge in [0.15, 0.2) is 0 Å². The normalized spacial score (nSPS) is 11.0. The monoisotopic (exact) mass is 371 g/mol. The van der Waals surface area contributed by atoms with Gasteiger partial charge in [0.25, 0.3) is 0 Å². The molecule has 2 aromatic heterocycles. The highest BCUT2D eigenvalue weighted by Crippen LogP contribution is 2.28. The third-order valence-corrected chi connectivity index (χ3v) is 4.35. The second-order valence-corrected chi connectivity index (χ2v) is 6.35. The molecule has 0 spiro atoms. The van der Waals surface area contributed by atoms with Crippen LogP contribution < -0.4 is 0 Å². The minimum Gasteiger partial charge on any atom is -0.461 e. The first-order chi connectivity index (χ1) is 13.0. The van der Waals surface area contributed by atoms with Crippen LogP contribution in [0.5, 0.6) is 0 Å². The summed E-state index contributed by atoms with van der Waals surface area (Å²) in [4.78, 5) is 27.6. The van der Waals surface area contributed by atoms with Crippen LogP contribution in [0.15, 0.2) is 35.0 Å². The molecule has 0 fully saturated rings. The van der Waals surface area contributed by atoms with Crippen molar-refractivity contribution < 1.29 is 14.1 Å². The van der Waals surface area contributed by atoms with Crippen molar-refractivity contribution in [2.75, 3.05) is 7.05 Å². The summed E-state index contributed by atoms with van der Waals surface area (Å²) >= 11 is 0. The summed E-state index contributed by atoms with van der Waals surface area (Å²) in [5.41, 5.74) is 1.81. The van der Waals surface area contributed by atoms with Crippen molar-refractivity contribution in [1.29, 1.82) is 0 Å². The molecule has 0 bridgehead atoms. The van der Waals surface area contributed by atoms with Gasteiger partial charge >= 0.3 is 5.95 Å². The zero-order chi connectivity index (χ0) is 19.4. The van der Waals surface area contributed by atoms with Crippen molar-refractivity contribution in [2.45, 2.75) is 39.3 Å². The highest BCUT2D eigenvalue weighted by Gasteiger charge is 2.20. The Balaban J connectivity index is 1.76. The fourth-order valence-electron chi connectivity index (χ4n) is 2.89. The minimum atomic E-state index is -0.692. The Morgan fingerprint density at radius 1 is 1.37 bits per heavy atom. The Hall–Kier alpha value is -3.23. The van der Waals surface area contributed by atoms with E-state index in [2.05, 4.69) is 17.0 Å². The third-order valence-electron chi connectivity index (χ3n) is 4.35. The Kier molecular flexibility index (Phi) is 5.49. The molecule has 1 amide bonds. The molecule has 27 heavy (non-hydrogen) atoms. The molecule has 0 aliphatic rings. The number of para-hydroxylation sites is 1. The van der Waals surface area contributed by atoms with E-state index in [1.165, 1.54) is 11.0 Å². The average Bonchev–Trinajstić information content (AvgIpc) is 3.25. The lowest BCUT2D eigenvalue weighted by atomic mass is 10.1. The number of aryl methyl sites for hydroxylation is 1. The Labute approximate surface area is 155 Å². The molecule has 1 aromatic carbocycles. The van der Waals surface area contributed by atoms with Gasteiger partial charge in [-0.3, -0.25) is 4.79 Å². The maximum Gasteiger partial charge on any atom is 0.490 e. The fraction of sp³-hybridized carbons (Fsp3) is 0.389. The molecule has 0 unspecified atom stereocenters. The lowest BCUT2D eigenvalue weighted by molar-refractivity contribution is -0.394. The van der Waals surface area contributed by atoms with Gasteiger partial charge in [-0.05, 0) is 17.4 Å². The number of rotatable bonds is 8. The summed E-state index contributed by atoms with van der Waals surface area (Å²) in [6.07, 6.45) is 4.06. The van der Waals surface area contributed by atoms with Crippen LogP contribution in [0.3, 0.4) is 0 Å². The molecule has 0 saturated carbocycles. The number of benzene rings is 1. The van der Waals surface area contributed by atoms with Crippen LogP contribution >= 0.6 is 0 Å². The fourth-order valence-corrected chi connectivity index (χ4v) is 2.89. The zero-order valence-corrected chi connectivity index (χ0v) is 15.3. The van der Waals surface area contributed by atoms with Gasteiger partial charge < -0.3 is 19.4 Å². The van der Waals surface area contributed by atoms with Gasteiger partial charge in [0.1, 0.15) is 17.9 Å². The van der Waals surface area contributed by atoms with E-state index in [0.29, 0.717) is 6.54 Å². The van der Waals surface area contributed by atoms with E-state index in [9.17, 15) is 14.9 Å². The molecule has 0 radical (unpaired) electrons. The number of likely N-dealkylation sites (N-methyl/N-ethyl adjacent to an activating group) is 1. The smallest absolute Gasteiger partial charge is 0.461 e. The summed E-state index contributed by atoms with van der Waals surface area (Å²) in [5, 5.41) is 15.3. The van der Waals surface area contributed by atoms with Crippen LogP contribution in [0.25, 0.3) is 11.0 Å². The van der Waals surface area contributed by atoms with Crippen LogP contribution in [-0.4, -0.2) is 37.5 Å². The summed E-state index contributed by atoms with van der Waals surface area (Å²) in [6.45, 7) is 2.40. The number of carbonyl (C=O) groups is 1. The van der Waals surface area contributed by atoms with E-state index >= 15 is 0 Å².